The number of hydrogen-bond donors (Lipinski definition) is 2. The van der Waals surface area contributed by atoms with E-state index < -0.39 is 15.8 Å². The average molecular weight is 291 g/mol. The van der Waals surface area contributed by atoms with Gasteiger partial charge in [0.25, 0.3) is 0 Å². The van der Waals surface area contributed by atoms with Gasteiger partial charge in [-0.2, -0.15) is 0 Å². The first kappa shape index (κ1) is 16.0. The first-order valence-electron chi connectivity index (χ1n) is 5.92. The summed E-state index contributed by atoms with van der Waals surface area (Å²) >= 11 is 0. The van der Waals surface area contributed by atoms with Crippen LogP contribution in [-0.4, -0.2) is 39.9 Å². The molecular weight excluding hydrogens is 273 g/mol. The summed E-state index contributed by atoms with van der Waals surface area (Å²) in [6.45, 7) is 2.33. The number of ether oxygens (including phenoxy) is 1. The van der Waals surface area contributed by atoms with Crippen LogP contribution in [0.15, 0.2) is 23.1 Å². The molecule has 7 heteroatoms. The largest absolute Gasteiger partial charge is 0.394 e. The summed E-state index contributed by atoms with van der Waals surface area (Å²) in [6.07, 6.45) is 0.480. The molecule has 2 N–H and O–H groups in total. The van der Waals surface area contributed by atoms with Crippen LogP contribution in [0.3, 0.4) is 0 Å². The lowest BCUT2D eigenvalue weighted by Crippen LogP contribution is -2.26. The van der Waals surface area contributed by atoms with Crippen LogP contribution in [0.2, 0.25) is 0 Å². The normalized spacial score (nSPS) is 11.7. The fraction of sp³-hybridized carbons (Fsp3) is 0.500. The van der Waals surface area contributed by atoms with Gasteiger partial charge in [-0.3, -0.25) is 0 Å². The van der Waals surface area contributed by atoms with Crippen LogP contribution in [0.5, 0.6) is 0 Å². The van der Waals surface area contributed by atoms with Gasteiger partial charge >= 0.3 is 0 Å². The molecule has 0 aliphatic rings. The highest BCUT2D eigenvalue weighted by atomic mass is 32.2. The topological polar surface area (TPSA) is 75.6 Å². The zero-order chi connectivity index (χ0) is 14.3. The Bertz CT molecular complexity index is 504. The van der Waals surface area contributed by atoms with Crippen molar-refractivity contribution in [1.29, 1.82) is 0 Å². The molecule has 0 fully saturated rings. The van der Waals surface area contributed by atoms with E-state index in [1.165, 1.54) is 12.1 Å². The van der Waals surface area contributed by atoms with Gasteiger partial charge in [0.1, 0.15) is 5.82 Å². The van der Waals surface area contributed by atoms with Crippen molar-refractivity contribution in [3.8, 4) is 0 Å². The van der Waals surface area contributed by atoms with Gasteiger partial charge in [-0.1, -0.05) is 6.07 Å². The van der Waals surface area contributed by atoms with Crippen molar-refractivity contribution in [2.75, 3.05) is 26.4 Å². The number of rotatable bonds is 8. The molecule has 0 unspecified atom stereocenters. The molecule has 0 bridgehead atoms. The van der Waals surface area contributed by atoms with Crippen molar-refractivity contribution in [2.24, 2.45) is 0 Å². The molecule has 5 nitrogen and oxygen atoms in total. The van der Waals surface area contributed by atoms with Crippen molar-refractivity contribution in [1.82, 2.24) is 4.72 Å². The Balaban J connectivity index is 2.54. The molecule has 0 heterocycles. The summed E-state index contributed by atoms with van der Waals surface area (Å²) in [5.74, 6) is -0.586. The van der Waals surface area contributed by atoms with E-state index in [1.807, 2.05) is 0 Å². The Morgan fingerprint density at radius 3 is 2.79 bits per heavy atom. The second kappa shape index (κ2) is 7.54. The van der Waals surface area contributed by atoms with E-state index in [9.17, 15) is 12.8 Å². The van der Waals surface area contributed by atoms with E-state index in [-0.39, 0.29) is 24.7 Å². The van der Waals surface area contributed by atoms with E-state index in [4.69, 9.17) is 9.84 Å². The van der Waals surface area contributed by atoms with Crippen molar-refractivity contribution in [3.63, 3.8) is 0 Å². The third-order valence-corrected chi connectivity index (χ3v) is 4.04. The van der Waals surface area contributed by atoms with Crippen LogP contribution in [0.1, 0.15) is 12.0 Å². The highest BCUT2D eigenvalue weighted by Gasteiger charge is 2.16. The van der Waals surface area contributed by atoms with Gasteiger partial charge in [0.05, 0.1) is 18.1 Å². The predicted molar refractivity (Wildman–Crippen MR) is 68.8 cm³/mol. The monoisotopic (exact) mass is 291 g/mol. The second-order valence-electron chi connectivity index (χ2n) is 4.00. The molecule has 19 heavy (non-hydrogen) atoms. The molecule has 0 aromatic heterocycles. The first-order chi connectivity index (χ1) is 8.97. The van der Waals surface area contributed by atoms with Gasteiger partial charge < -0.3 is 9.84 Å². The van der Waals surface area contributed by atoms with Gasteiger partial charge in [-0.15, -0.1) is 0 Å². The first-order valence-corrected chi connectivity index (χ1v) is 7.40. The third-order valence-electron chi connectivity index (χ3n) is 2.43. The Morgan fingerprint density at radius 1 is 1.37 bits per heavy atom. The summed E-state index contributed by atoms with van der Waals surface area (Å²) in [5, 5.41) is 8.49. The van der Waals surface area contributed by atoms with Crippen LogP contribution < -0.4 is 4.72 Å². The standard InChI is InChI=1S/C12H18FNO4S/c1-10-3-4-11(13)9-12(10)19(16,17)14-5-2-7-18-8-6-15/h3-4,9,14-15H,2,5-8H2,1H3. The number of aliphatic hydroxyl groups is 1. The van der Waals surface area contributed by atoms with Crippen LogP contribution >= 0.6 is 0 Å². The lowest BCUT2D eigenvalue weighted by atomic mass is 10.2. The maximum Gasteiger partial charge on any atom is 0.240 e. The molecule has 1 aromatic carbocycles. The Morgan fingerprint density at radius 2 is 2.11 bits per heavy atom. The SMILES string of the molecule is Cc1ccc(F)cc1S(=O)(=O)NCCCOCCO. The minimum absolute atomic E-state index is 0.0521. The third kappa shape index (κ3) is 5.23. The summed E-state index contributed by atoms with van der Waals surface area (Å²) in [6, 6.07) is 3.64. The maximum atomic E-state index is 13.1. The van der Waals surface area contributed by atoms with E-state index in [2.05, 4.69) is 4.72 Å². The van der Waals surface area contributed by atoms with Crippen molar-refractivity contribution < 1.29 is 22.7 Å². The number of sulfonamides is 1. The molecule has 0 amide bonds. The van der Waals surface area contributed by atoms with Crippen LogP contribution in [0.25, 0.3) is 0 Å². The number of hydrogen-bond acceptors (Lipinski definition) is 4. The molecule has 108 valence electrons. The minimum atomic E-state index is -3.70. The summed E-state index contributed by atoms with van der Waals surface area (Å²) in [5.41, 5.74) is 0.491. The van der Waals surface area contributed by atoms with Gasteiger partial charge in [0.2, 0.25) is 10.0 Å². The van der Waals surface area contributed by atoms with E-state index in [1.54, 1.807) is 6.92 Å². The fourth-order valence-electron chi connectivity index (χ4n) is 1.49. The number of benzene rings is 1. The zero-order valence-corrected chi connectivity index (χ0v) is 11.5. The molecule has 0 aliphatic heterocycles. The Labute approximate surface area is 112 Å². The number of nitrogens with one attached hydrogen (secondary N) is 1. The molecule has 0 atom stereocenters. The van der Waals surface area contributed by atoms with Gasteiger partial charge in [-0.05, 0) is 31.0 Å². The number of aryl methyl sites for hydroxylation is 1. The second-order valence-corrected chi connectivity index (χ2v) is 5.73. The number of aliphatic hydroxyl groups excluding tert-OH is 1. The fourth-order valence-corrected chi connectivity index (χ4v) is 2.82. The Hall–Kier alpha value is -1.02. The molecule has 0 saturated heterocycles. The van der Waals surface area contributed by atoms with E-state index in [0.717, 1.165) is 6.07 Å². The molecule has 1 aromatic rings. The zero-order valence-electron chi connectivity index (χ0n) is 10.7. The summed E-state index contributed by atoms with van der Waals surface area (Å²) in [4.78, 5) is -0.0521. The molecule has 0 saturated carbocycles. The molecule has 0 spiro atoms. The quantitative estimate of drug-likeness (QED) is 0.695. The van der Waals surface area contributed by atoms with Crippen LogP contribution in [0, 0.1) is 12.7 Å². The minimum Gasteiger partial charge on any atom is -0.394 e. The molecule has 1 rings (SSSR count). The van der Waals surface area contributed by atoms with Gasteiger partial charge in [0.15, 0.2) is 0 Å². The lowest BCUT2D eigenvalue weighted by Gasteiger charge is -2.09. The molecule has 0 aliphatic carbocycles. The smallest absolute Gasteiger partial charge is 0.240 e. The van der Waals surface area contributed by atoms with E-state index >= 15 is 0 Å². The van der Waals surface area contributed by atoms with Crippen LogP contribution in [0.4, 0.5) is 4.39 Å². The molecular formula is C12H18FNO4S. The van der Waals surface area contributed by atoms with Crippen LogP contribution in [-0.2, 0) is 14.8 Å². The highest BCUT2D eigenvalue weighted by molar-refractivity contribution is 7.89. The van der Waals surface area contributed by atoms with Gasteiger partial charge in [-0.25, -0.2) is 17.5 Å². The maximum absolute atomic E-state index is 13.1. The lowest BCUT2D eigenvalue weighted by molar-refractivity contribution is 0.0913. The summed E-state index contributed by atoms with van der Waals surface area (Å²) < 4.78 is 44.3. The van der Waals surface area contributed by atoms with Crippen molar-refractivity contribution >= 4 is 10.0 Å². The van der Waals surface area contributed by atoms with Gasteiger partial charge in [0, 0.05) is 13.2 Å². The van der Waals surface area contributed by atoms with Crippen molar-refractivity contribution in [3.05, 3.63) is 29.6 Å². The predicted octanol–water partition coefficient (Wildman–Crippen LogP) is 0.811. The molecule has 0 radical (unpaired) electrons. The summed E-state index contributed by atoms with van der Waals surface area (Å²) in [7, 11) is -3.70. The number of halogens is 1. The van der Waals surface area contributed by atoms with Crippen molar-refractivity contribution in [2.45, 2.75) is 18.2 Å². The van der Waals surface area contributed by atoms with E-state index in [0.29, 0.717) is 18.6 Å². The highest BCUT2D eigenvalue weighted by Crippen LogP contribution is 2.15. The Kier molecular flexibility index (Phi) is 6.36. The average Bonchev–Trinajstić information content (AvgIpc) is 2.36.